The zero-order valence-corrected chi connectivity index (χ0v) is 13.9. The number of benzene rings is 1. The number of hydrazine groups is 2. The third-order valence-electron chi connectivity index (χ3n) is 2.68. The lowest BCUT2D eigenvalue weighted by Crippen LogP contribution is -2.31. The van der Waals surface area contributed by atoms with Gasteiger partial charge in [0.1, 0.15) is 12.0 Å². The smallest absolute Gasteiger partial charge is 0.271 e. The van der Waals surface area contributed by atoms with Crippen molar-refractivity contribution in [3.63, 3.8) is 0 Å². The van der Waals surface area contributed by atoms with Gasteiger partial charge in [-0.3, -0.25) is 15.6 Å². The standard InChI is InChI=1S/C13H15Cl2N7O/c1-22(2)21-12-10(16)11(17-6-18-12)19-20-13(23)8-4-3-7(14)5-9(8)15/h3-6H,16H2,1-2H3,(H,20,23)(H2,17,18,19,21). The number of amides is 1. The van der Waals surface area contributed by atoms with Gasteiger partial charge in [0.05, 0.1) is 10.6 Å². The summed E-state index contributed by atoms with van der Waals surface area (Å²) in [6, 6.07) is 4.57. The first-order valence-electron chi connectivity index (χ1n) is 6.44. The number of carbonyl (C=O) groups excluding carboxylic acids is 1. The maximum atomic E-state index is 12.1. The molecule has 10 heteroatoms. The molecule has 0 saturated heterocycles. The molecule has 0 unspecified atom stereocenters. The van der Waals surface area contributed by atoms with E-state index >= 15 is 0 Å². The van der Waals surface area contributed by atoms with Crippen molar-refractivity contribution in [2.45, 2.75) is 0 Å². The van der Waals surface area contributed by atoms with Gasteiger partial charge >= 0.3 is 0 Å². The molecule has 2 rings (SSSR count). The first-order chi connectivity index (χ1) is 10.9. The van der Waals surface area contributed by atoms with Crippen LogP contribution < -0.4 is 22.0 Å². The van der Waals surface area contributed by atoms with Crippen LogP contribution in [0.1, 0.15) is 10.4 Å². The quantitative estimate of drug-likeness (QED) is 0.607. The fourth-order valence-electron chi connectivity index (χ4n) is 1.65. The molecular weight excluding hydrogens is 341 g/mol. The molecule has 1 aromatic carbocycles. The molecule has 1 aromatic heterocycles. The average molecular weight is 356 g/mol. The fourth-order valence-corrected chi connectivity index (χ4v) is 2.15. The van der Waals surface area contributed by atoms with E-state index in [2.05, 4.69) is 26.2 Å². The van der Waals surface area contributed by atoms with Crippen LogP contribution in [-0.4, -0.2) is 35.0 Å². The number of nitrogens with two attached hydrogens (primary N) is 1. The van der Waals surface area contributed by atoms with E-state index in [4.69, 9.17) is 28.9 Å². The van der Waals surface area contributed by atoms with Crippen molar-refractivity contribution in [1.29, 1.82) is 0 Å². The van der Waals surface area contributed by atoms with Crippen molar-refractivity contribution >= 4 is 46.4 Å². The number of rotatable bonds is 5. The van der Waals surface area contributed by atoms with Gasteiger partial charge in [0.2, 0.25) is 0 Å². The van der Waals surface area contributed by atoms with Crippen LogP contribution in [0.4, 0.5) is 17.3 Å². The highest BCUT2D eigenvalue weighted by Gasteiger charge is 2.13. The lowest BCUT2D eigenvalue weighted by atomic mass is 10.2. The van der Waals surface area contributed by atoms with E-state index in [1.165, 1.54) is 18.5 Å². The molecule has 0 fully saturated rings. The molecule has 23 heavy (non-hydrogen) atoms. The molecule has 2 aromatic rings. The van der Waals surface area contributed by atoms with Gasteiger partial charge in [-0.1, -0.05) is 23.2 Å². The molecule has 1 amide bonds. The highest BCUT2D eigenvalue weighted by Crippen LogP contribution is 2.23. The summed E-state index contributed by atoms with van der Waals surface area (Å²) in [7, 11) is 3.58. The Hall–Kier alpha value is -2.29. The molecule has 0 aliphatic rings. The Labute approximate surface area is 142 Å². The Morgan fingerprint density at radius 3 is 2.57 bits per heavy atom. The molecule has 5 N–H and O–H groups in total. The van der Waals surface area contributed by atoms with E-state index in [0.717, 1.165) is 0 Å². The molecule has 0 bridgehead atoms. The van der Waals surface area contributed by atoms with E-state index in [-0.39, 0.29) is 22.1 Å². The summed E-state index contributed by atoms with van der Waals surface area (Å²) < 4.78 is 0. The summed E-state index contributed by atoms with van der Waals surface area (Å²) in [6.45, 7) is 0. The van der Waals surface area contributed by atoms with Gasteiger partial charge in [0, 0.05) is 19.1 Å². The van der Waals surface area contributed by atoms with E-state index in [0.29, 0.717) is 10.8 Å². The van der Waals surface area contributed by atoms with Crippen molar-refractivity contribution in [3.05, 3.63) is 40.1 Å². The monoisotopic (exact) mass is 355 g/mol. The van der Waals surface area contributed by atoms with Gasteiger partial charge in [-0.15, -0.1) is 0 Å². The predicted molar refractivity (Wildman–Crippen MR) is 91.3 cm³/mol. The second kappa shape index (κ2) is 7.32. The molecule has 0 spiro atoms. The number of anilines is 3. The first-order valence-corrected chi connectivity index (χ1v) is 7.20. The summed E-state index contributed by atoms with van der Waals surface area (Å²) in [5, 5.41) is 2.36. The van der Waals surface area contributed by atoms with Crippen LogP contribution in [0.3, 0.4) is 0 Å². The molecule has 122 valence electrons. The van der Waals surface area contributed by atoms with Crippen LogP contribution in [0.25, 0.3) is 0 Å². The maximum absolute atomic E-state index is 12.1. The zero-order valence-electron chi connectivity index (χ0n) is 12.4. The molecule has 0 radical (unpaired) electrons. The van der Waals surface area contributed by atoms with Gasteiger partial charge in [0.15, 0.2) is 11.6 Å². The van der Waals surface area contributed by atoms with Crippen molar-refractivity contribution < 1.29 is 4.79 Å². The first kappa shape index (κ1) is 17.1. The normalized spacial score (nSPS) is 10.5. The summed E-state index contributed by atoms with van der Waals surface area (Å²) in [4.78, 5) is 20.1. The molecular formula is C13H15Cl2N7O. The fraction of sp³-hybridized carbons (Fsp3) is 0.154. The summed E-state index contributed by atoms with van der Waals surface area (Å²) >= 11 is 11.8. The number of nitrogens with zero attached hydrogens (tertiary/aromatic N) is 3. The molecule has 0 saturated carbocycles. The average Bonchev–Trinajstić information content (AvgIpc) is 2.47. The topological polar surface area (TPSA) is 108 Å². The zero-order chi connectivity index (χ0) is 17.0. The Morgan fingerprint density at radius 2 is 1.91 bits per heavy atom. The lowest BCUT2D eigenvalue weighted by molar-refractivity contribution is 0.0962. The SMILES string of the molecule is CN(C)Nc1ncnc(NNC(=O)c2ccc(Cl)cc2Cl)c1N. The minimum absolute atomic E-state index is 0.238. The van der Waals surface area contributed by atoms with Crippen molar-refractivity contribution in [2.24, 2.45) is 0 Å². The van der Waals surface area contributed by atoms with Crippen LogP contribution in [0.15, 0.2) is 24.5 Å². The maximum Gasteiger partial charge on any atom is 0.271 e. The summed E-state index contributed by atoms with van der Waals surface area (Å²) in [6.07, 6.45) is 1.31. The van der Waals surface area contributed by atoms with Gasteiger partial charge < -0.3 is 11.2 Å². The second-order valence-corrected chi connectivity index (χ2v) is 5.54. The molecule has 0 aliphatic heterocycles. The third-order valence-corrected chi connectivity index (χ3v) is 3.23. The van der Waals surface area contributed by atoms with E-state index < -0.39 is 5.91 Å². The number of hydrogen-bond acceptors (Lipinski definition) is 7. The van der Waals surface area contributed by atoms with E-state index in [9.17, 15) is 4.79 Å². The molecule has 0 aliphatic carbocycles. The number of nitrogen functional groups attached to an aromatic ring is 1. The van der Waals surface area contributed by atoms with Crippen LogP contribution in [0.5, 0.6) is 0 Å². The summed E-state index contributed by atoms with van der Waals surface area (Å²) in [5.74, 6) is 0.209. The number of nitrogens with one attached hydrogen (secondary N) is 3. The number of halogens is 2. The van der Waals surface area contributed by atoms with Gasteiger partial charge in [-0.05, 0) is 18.2 Å². The lowest BCUT2D eigenvalue weighted by Gasteiger charge is -2.16. The van der Waals surface area contributed by atoms with Gasteiger partial charge in [0.25, 0.3) is 5.91 Å². The second-order valence-electron chi connectivity index (χ2n) is 4.69. The van der Waals surface area contributed by atoms with Crippen molar-refractivity contribution in [1.82, 2.24) is 20.4 Å². The Morgan fingerprint density at radius 1 is 1.22 bits per heavy atom. The van der Waals surface area contributed by atoms with Crippen LogP contribution in [-0.2, 0) is 0 Å². The highest BCUT2D eigenvalue weighted by molar-refractivity contribution is 6.36. The largest absolute Gasteiger partial charge is 0.393 e. The number of aromatic nitrogens is 2. The van der Waals surface area contributed by atoms with Crippen LogP contribution in [0, 0.1) is 0 Å². The van der Waals surface area contributed by atoms with E-state index in [1.54, 1.807) is 25.2 Å². The Balaban J connectivity index is 2.10. The minimum atomic E-state index is -0.452. The Bertz CT molecular complexity index is 723. The van der Waals surface area contributed by atoms with E-state index in [1.807, 2.05) is 0 Å². The predicted octanol–water partition coefficient (Wildman–Crippen LogP) is 2.01. The van der Waals surface area contributed by atoms with Gasteiger partial charge in [-0.2, -0.15) is 0 Å². The van der Waals surface area contributed by atoms with Crippen LogP contribution >= 0.6 is 23.2 Å². The third kappa shape index (κ3) is 4.35. The van der Waals surface area contributed by atoms with Gasteiger partial charge in [-0.25, -0.2) is 15.0 Å². The molecule has 8 nitrogen and oxygen atoms in total. The highest BCUT2D eigenvalue weighted by atomic mass is 35.5. The number of carbonyl (C=O) groups is 1. The van der Waals surface area contributed by atoms with Crippen molar-refractivity contribution in [3.8, 4) is 0 Å². The Kier molecular flexibility index (Phi) is 5.43. The number of hydrogen-bond donors (Lipinski definition) is 4. The minimum Gasteiger partial charge on any atom is -0.393 e. The van der Waals surface area contributed by atoms with Crippen molar-refractivity contribution in [2.75, 3.05) is 30.7 Å². The molecule has 0 atom stereocenters. The molecule has 1 heterocycles. The summed E-state index contributed by atoms with van der Waals surface area (Å²) in [5.41, 5.74) is 14.5. The van der Waals surface area contributed by atoms with Crippen LogP contribution in [0.2, 0.25) is 10.0 Å².